The Labute approximate surface area is 264 Å². The van der Waals surface area contributed by atoms with Crippen molar-refractivity contribution < 1.29 is 23.9 Å². The predicted octanol–water partition coefficient (Wildman–Crippen LogP) is 5.68. The lowest BCUT2D eigenvalue weighted by atomic mass is 10.1. The van der Waals surface area contributed by atoms with Crippen LogP contribution in [0.1, 0.15) is 83.4 Å². The van der Waals surface area contributed by atoms with Gasteiger partial charge in [-0.15, -0.1) is 0 Å². The maximum absolute atomic E-state index is 13.4. The number of carbonyl (C=O) groups excluding carboxylic acids is 3. The second kappa shape index (κ2) is 12.3. The van der Waals surface area contributed by atoms with Crippen LogP contribution in [0.25, 0.3) is 10.9 Å². The molecule has 5 heterocycles. The fourth-order valence-corrected chi connectivity index (χ4v) is 5.90. The summed E-state index contributed by atoms with van der Waals surface area (Å²) in [7, 11) is 2.06. The van der Waals surface area contributed by atoms with Crippen molar-refractivity contribution in [3.8, 4) is 0 Å². The van der Waals surface area contributed by atoms with Gasteiger partial charge in [0.1, 0.15) is 22.8 Å². The SMILES string of the molecule is C[C@@H]1CN(C(=O)OC(C)(C)C)CCN1c1ccc(C(=O)Nc2cc3c(cn2)cc([C@H]2CCCN2C)n3C(=O)OC(C)(C)C)cn1. The molecule has 2 fully saturated rings. The van der Waals surface area contributed by atoms with Gasteiger partial charge in [-0.25, -0.2) is 24.1 Å². The van der Waals surface area contributed by atoms with E-state index in [1.807, 2.05) is 60.6 Å². The zero-order valence-corrected chi connectivity index (χ0v) is 27.6. The Hall–Kier alpha value is -4.19. The van der Waals surface area contributed by atoms with Crippen molar-refractivity contribution >= 4 is 40.6 Å². The summed E-state index contributed by atoms with van der Waals surface area (Å²) in [5, 5.41) is 3.65. The molecule has 12 nitrogen and oxygen atoms in total. The van der Waals surface area contributed by atoms with Gasteiger partial charge >= 0.3 is 12.2 Å². The summed E-state index contributed by atoms with van der Waals surface area (Å²) in [6, 6.07) is 7.33. The minimum atomic E-state index is -0.667. The number of likely N-dealkylation sites (tertiary alicyclic amines) is 1. The molecular weight excluding hydrogens is 574 g/mol. The molecule has 2 atom stereocenters. The number of hydrogen-bond donors (Lipinski definition) is 1. The normalized spacial score (nSPS) is 19.6. The molecule has 0 radical (unpaired) electrons. The first-order chi connectivity index (χ1) is 21.1. The Morgan fingerprint density at radius 3 is 2.22 bits per heavy atom. The molecule has 3 aromatic heterocycles. The molecule has 12 heteroatoms. The van der Waals surface area contributed by atoms with E-state index >= 15 is 0 Å². The highest BCUT2D eigenvalue weighted by Gasteiger charge is 2.32. The summed E-state index contributed by atoms with van der Waals surface area (Å²) in [5.41, 5.74) is 0.633. The van der Waals surface area contributed by atoms with E-state index in [0.29, 0.717) is 36.5 Å². The summed E-state index contributed by atoms with van der Waals surface area (Å²) >= 11 is 0. The number of anilines is 2. The molecule has 242 valence electrons. The van der Waals surface area contributed by atoms with Crippen LogP contribution in [0.2, 0.25) is 0 Å². The van der Waals surface area contributed by atoms with Crippen LogP contribution in [0.15, 0.2) is 36.7 Å². The van der Waals surface area contributed by atoms with Crippen LogP contribution in [0, 0.1) is 0 Å². The minimum absolute atomic E-state index is 0.0181. The molecule has 0 bridgehead atoms. The standard InChI is InChI=1S/C33H45N7O5/c1-21-20-38(30(42)44-32(2,3)4)14-15-39(21)28-12-11-22(18-35-28)29(41)36-27-17-25-23(19-34-27)16-26(24-10-9-13-37(24)8)40(25)31(43)45-33(5,6)7/h11-12,16-19,21,24H,9-10,13-15,20H2,1-8H3,(H,34,36,41)/t21-,24-/m1/s1. The van der Waals surface area contributed by atoms with E-state index in [9.17, 15) is 14.4 Å². The number of rotatable bonds is 4. The van der Waals surface area contributed by atoms with Gasteiger partial charge in [0, 0.05) is 55.2 Å². The lowest BCUT2D eigenvalue weighted by Crippen LogP contribution is -2.54. The highest BCUT2D eigenvalue weighted by Crippen LogP contribution is 2.35. The van der Waals surface area contributed by atoms with Gasteiger partial charge in [-0.05, 0) is 93.1 Å². The highest BCUT2D eigenvalue weighted by atomic mass is 16.6. The number of nitrogens with zero attached hydrogens (tertiary/aromatic N) is 6. The van der Waals surface area contributed by atoms with Gasteiger partial charge in [-0.1, -0.05) is 0 Å². The van der Waals surface area contributed by atoms with Crippen molar-refractivity contribution in [3.63, 3.8) is 0 Å². The quantitative estimate of drug-likeness (QED) is 0.393. The number of fused-ring (bicyclic) bond motifs is 1. The molecule has 2 aliphatic rings. The number of ether oxygens (including phenoxy) is 2. The number of amides is 2. The Kier molecular flexibility index (Phi) is 8.81. The maximum Gasteiger partial charge on any atom is 0.419 e. The fraction of sp³-hybridized carbons (Fsp3) is 0.545. The van der Waals surface area contributed by atoms with Gasteiger partial charge in [-0.3, -0.25) is 9.69 Å². The topological polar surface area (TPSA) is 122 Å². The molecule has 0 saturated carbocycles. The van der Waals surface area contributed by atoms with Crippen LogP contribution in [0.4, 0.5) is 21.2 Å². The van der Waals surface area contributed by atoms with Gasteiger partial charge in [0.25, 0.3) is 5.91 Å². The van der Waals surface area contributed by atoms with E-state index in [1.165, 1.54) is 6.20 Å². The largest absolute Gasteiger partial charge is 0.444 e. The molecule has 1 N–H and O–H groups in total. The molecule has 2 aliphatic heterocycles. The molecule has 45 heavy (non-hydrogen) atoms. The molecule has 0 aliphatic carbocycles. The molecule has 2 saturated heterocycles. The van der Waals surface area contributed by atoms with E-state index in [4.69, 9.17) is 9.47 Å². The Morgan fingerprint density at radius 2 is 1.62 bits per heavy atom. The Bertz CT molecular complexity index is 1570. The third-order valence-electron chi connectivity index (χ3n) is 7.98. The Morgan fingerprint density at radius 1 is 0.911 bits per heavy atom. The molecule has 5 rings (SSSR count). The smallest absolute Gasteiger partial charge is 0.419 e. The van der Waals surface area contributed by atoms with Crippen molar-refractivity contribution in [2.75, 3.05) is 43.4 Å². The molecular formula is C33H45N7O5. The summed E-state index contributed by atoms with van der Waals surface area (Å²) < 4.78 is 12.9. The van der Waals surface area contributed by atoms with E-state index < -0.39 is 17.3 Å². The second-order valence-electron chi connectivity index (χ2n) is 14.0. The number of carbonyl (C=O) groups is 3. The summed E-state index contributed by atoms with van der Waals surface area (Å²) in [5.74, 6) is 0.676. The van der Waals surface area contributed by atoms with Crippen molar-refractivity contribution in [2.24, 2.45) is 0 Å². The maximum atomic E-state index is 13.4. The number of aromatic nitrogens is 3. The molecule has 0 aromatic carbocycles. The lowest BCUT2D eigenvalue weighted by molar-refractivity contribution is 0.0218. The highest BCUT2D eigenvalue weighted by molar-refractivity contribution is 6.04. The van der Waals surface area contributed by atoms with Gasteiger partial charge in [0.05, 0.1) is 17.1 Å². The fourth-order valence-electron chi connectivity index (χ4n) is 5.90. The third kappa shape index (κ3) is 7.38. The minimum Gasteiger partial charge on any atom is -0.444 e. The van der Waals surface area contributed by atoms with Crippen molar-refractivity contribution in [3.05, 3.63) is 47.9 Å². The number of hydrogen-bond acceptors (Lipinski definition) is 9. The predicted molar refractivity (Wildman–Crippen MR) is 173 cm³/mol. The number of piperazine rings is 1. The summed E-state index contributed by atoms with van der Waals surface area (Å²) in [4.78, 5) is 54.3. The van der Waals surface area contributed by atoms with Crippen LogP contribution >= 0.6 is 0 Å². The first-order valence-corrected chi connectivity index (χ1v) is 15.6. The molecule has 2 amide bonds. The van der Waals surface area contributed by atoms with Crippen LogP contribution in [-0.4, -0.2) is 92.9 Å². The lowest BCUT2D eigenvalue weighted by Gasteiger charge is -2.40. The monoisotopic (exact) mass is 619 g/mol. The van der Waals surface area contributed by atoms with Gasteiger partial charge in [0.15, 0.2) is 0 Å². The van der Waals surface area contributed by atoms with Crippen molar-refractivity contribution in [2.45, 2.75) is 84.6 Å². The summed E-state index contributed by atoms with van der Waals surface area (Å²) in [6.07, 6.45) is 4.41. The van der Waals surface area contributed by atoms with Gasteiger partial charge in [0.2, 0.25) is 0 Å². The molecule has 3 aromatic rings. The van der Waals surface area contributed by atoms with Crippen LogP contribution in [-0.2, 0) is 9.47 Å². The van der Waals surface area contributed by atoms with E-state index in [1.54, 1.807) is 27.8 Å². The Balaban J connectivity index is 1.31. The van der Waals surface area contributed by atoms with Crippen LogP contribution in [0.3, 0.4) is 0 Å². The third-order valence-corrected chi connectivity index (χ3v) is 7.98. The van der Waals surface area contributed by atoms with Gasteiger partial charge < -0.3 is 24.6 Å². The number of pyridine rings is 2. The van der Waals surface area contributed by atoms with Crippen LogP contribution < -0.4 is 10.2 Å². The van der Waals surface area contributed by atoms with E-state index in [0.717, 1.165) is 36.3 Å². The number of nitrogens with one attached hydrogen (secondary N) is 1. The average molecular weight is 620 g/mol. The zero-order chi connectivity index (χ0) is 32.7. The van der Waals surface area contributed by atoms with E-state index in [-0.39, 0.29) is 24.1 Å². The summed E-state index contributed by atoms with van der Waals surface area (Å²) in [6.45, 7) is 15.7. The van der Waals surface area contributed by atoms with Crippen molar-refractivity contribution in [1.29, 1.82) is 0 Å². The second-order valence-corrected chi connectivity index (χ2v) is 14.0. The van der Waals surface area contributed by atoms with E-state index in [2.05, 4.69) is 32.1 Å². The molecule has 0 unspecified atom stereocenters. The average Bonchev–Trinajstić information content (AvgIpc) is 3.54. The first kappa shape index (κ1) is 32.2. The van der Waals surface area contributed by atoms with Gasteiger partial charge in [-0.2, -0.15) is 0 Å². The zero-order valence-electron chi connectivity index (χ0n) is 27.6. The van der Waals surface area contributed by atoms with Crippen molar-refractivity contribution in [1.82, 2.24) is 24.3 Å². The van der Waals surface area contributed by atoms with Crippen LogP contribution in [0.5, 0.6) is 0 Å². The first-order valence-electron chi connectivity index (χ1n) is 15.6. The molecule has 0 spiro atoms.